The lowest BCUT2D eigenvalue weighted by atomic mass is 9.80. The third-order valence-electron chi connectivity index (χ3n) is 4.05. The van der Waals surface area contributed by atoms with Crippen LogP contribution in [0.1, 0.15) is 65.4 Å². The van der Waals surface area contributed by atoms with Gasteiger partial charge in [-0.05, 0) is 32.8 Å². The van der Waals surface area contributed by atoms with Gasteiger partial charge >= 0.3 is 11.9 Å². The smallest absolute Gasteiger partial charge is 0.337 e. The number of hydrogen-bond donors (Lipinski definition) is 1. The van der Waals surface area contributed by atoms with Crippen LogP contribution in [0.15, 0.2) is 30.3 Å². The van der Waals surface area contributed by atoms with E-state index in [0.29, 0.717) is 0 Å². The summed E-state index contributed by atoms with van der Waals surface area (Å²) in [6, 6.07) is 9.25. The molecule has 0 amide bonds. The van der Waals surface area contributed by atoms with E-state index in [9.17, 15) is 14.7 Å². The van der Waals surface area contributed by atoms with E-state index >= 15 is 0 Å². The van der Waals surface area contributed by atoms with E-state index in [1.165, 1.54) is 0 Å². The van der Waals surface area contributed by atoms with Crippen LogP contribution in [0.3, 0.4) is 0 Å². The van der Waals surface area contributed by atoms with Crippen molar-refractivity contribution in [2.45, 2.75) is 71.0 Å². The molecule has 5 nitrogen and oxygen atoms in total. The zero-order chi connectivity index (χ0) is 19.1. The first-order chi connectivity index (χ1) is 11.6. The average Bonchev–Trinajstić information content (AvgIpc) is 2.52. The minimum absolute atomic E-state index is 0.281. The van der Waals surface area contributed by atoms with Crippen molar-refractivity contribution < 1.29 is 24.2 Å². The number of rotatable bonds is 9. The molecule has 0 heterocycles. The van der Waals surface area contributed by atoms with Gasteiger partial charge in [0.1, 0.15) is 5.60 Å². The summed E-state index contributed by atoms with van der Waals surface area (Å²) >= 11 is 0. The van der Waals surface area contributed by atoms with Gasteiger partial charge in [-0.25, -0.2) is 4.79 Å². The summed E-state index contributed by atoms with van der Waals surface area (Å²) in [5, 5.41) is 9.97. The van der Waals surface area contributed by atoms with Gasteiger partial charge in [-0.15, -0.1) is 0 Å². The van der Waals surface area contributed by atoms with E-state index in [-0.39, 0.29) is 13.0 Å². The molecule has 0 spiro atoms. The van der Waals surface area contributed by atoms with Gasteiger partial charge in [0.05, 0.1) is 6.42 Å². The third-order valence-corrected chi connectivity index (χ3v) is 4.05. The zero-order valence-electron chi connectivity index (χ0n) is 15.9. The van der Waals surface area contributed by atoms with Gasteiger partial charge in [0.2, 0.25) is 0 Å². The number of hydrogen-bond acceptors (Lipinski definition) is 4. The lowest BCUT2D eigenvalue weighted by Gasteiger charge is -2.35. The molecule has 0 aliphatic heterocycles. The summed E-state index contributed by atoms with van der Waals surface area (Å²) in [6.07, 6.45) is 1.27. The Morgan fingerprint density at radius 1 is 1.16 bits per heavy atom. The lowest BCUT2D eigenvalue weighted by Crippen LogP contribution is -2.49. The minimum Gasteiger partial charge on any atom is -0.479 e. The fourth-order valence-electron chi connectivity index (χ4n) is 2.65. The van der Waals surface area contributed by atoms with Crippen LogP contribution < -0.4 is 0 Å². The largest absolute Gasteiger partial charge is 0.479 e. The van der Waals surface area contributed by atoms with Crippen molar-refractivity contribution in [2.24, 2.45) is 0 Å². The quantitative estimate of drug-likeness (QED) is 0.535. The molecule has 0 unspecified atom stereocenters. The highest BCUT2D eigenvalue weighted by molar-refractivity contribution is 5.86. The van der Waals surface area contributed by atoms with Crippen molar-refractivity contribution in [3.63, 3.8) is 0 Å². The van der Waals surface area contributed by atoms with Crippen molar-refractivity contribution in [1.29, 1.82) is 0 Å². The van der Waals surface area contributed by atoms with Gasteiger partial charge in [-0.3, -0.25) is 4.79 Å². The lowest BCUT2D eigenvalue weighted by molar-refractivity contribution is -0.182. The van der Waals surface area contributed by atoms with E-state index in [1.54, 1.807) is 27.7 Å². The molecule has 0 saturated carbocycles. The SMILES string of the molecule is CCCCO[C@](CC(=O)OC(C)(C)C)(C(=O)O)[C@H](C)c1ccccc1. The molecule has 1 aromatic carbocycles. The fourth-order valence-corrected chi connectivity index (χ4v) is 2.65. The van der Waals surface area contributed by atoms with Crippen LogP contribution in [-0.2, 0) is 19.1 Å². The van der Waals surface area contributed by atoms with Crippen LogP contribution in [0, 0.1) is 0 Å². The van der Waals surface area contributed by atoms with Gasteiger partial charge < -0.3 is 14.6 Å². The van der Waals surface area contributed by atoms with Crippen LogP contribution in [0.25, 0.3) is 0 Å². The first-order valence-electron chi connectivity index (χ1n) is 8.76. The normalized spacial score (nSPS) is 15.2. The molecule has 0 aliphatic rings. The zero-order valence-corrected chi connectivity index (χ0v) is 15.9. The maximum Gasteiger partial charge on any atom is 0.337 e. The van der Waals surface area contributed by atoms with E-state index in [2.05, 4.69) is 0 Å². The Bertz CT molecular complexity index is 561. The summed E-state index contributed by atoms with van der Waals surface area (Å²) in [4.78, 5) is 24.6. The summed E-state index contributed by atoms with van der Waals surface area (Å²) in [5.74, 6) is -2.23. The Morgan fingerprint density at radius 2 is 1.76 bits per heavy atom. The van der Waals surface area contributed by atoms with Crippen molar-refractivity contribution in [1.82, 2.24) is 0 Å². The van der Waals surface area contributed by atoms with Crippen LogP contribution in [0.2, 0.25) is 0 Å². The first-order valence-corrected chi connectivity index (χ1v) is 8.76. The second kappa shape index (κ2) is 8.99. The van der Waals surface area contributed by atoms with Crippen LogP contribution >= 0.6 is 0 Å². The summed E-state index contributed by atoms with van der Waals surface area (Å²) in [7, 11) is 0. The molecule has 0 radical (unpaired) electrons. The number of unbranched alkanes of at least 4 members (excludes halogenated alkanes) is 1. The van der Waals surface area contributed by atoms with E-state index in [4.69, 9.17) is 9.47 Å². The van der Waals surface area contributed by atoms with Crippen LogP contribution in [0.5, 0.6) is 0 Å². The first kappa shape index (κ1) is 21.2. The topological polar surface area (TPSA) is 72.8 Å². The predicted octanol–water partition coefficient (Wildman–Crippen LogP) is 4.16. The van der Waals surface area contributed by atoms with E-state index in [0.717, 1.165) is 18.4 Å². The number of aliphatic carboxylic acids is 1. The number of benzene rings is 1. The number of carboxylic acids is 1. The Kier molecular flexibility index (Phi) is 7.61. The van der Waals surface area contributed by atoms with Crippen molar-refractivity contribution in [3.8, 4) is 0 Å². The summed E-state index contributed by atoms with van der Waals surface area (Å²) < 4.78 is 11.2. The molecule has 0 aliphatic carbocycles. The molecule has 2 atom stereocenters. The highest BCUT2D eigenvalue weighted by Gasteiger charge is 2.48. The molecular weight excluding hydrogens is 320 g/mol. The van der Waals surface area contributed by atoms with Gasteiger partial charge in [0.15, 0.2) is 5.60 Å². The number of carbonyl (C=O) groups is 2. The summed E-state index contributed by atoms with van der Waals surface area (Å²) in [5.41, 5.74) is -1.52. The predicted molar refractivity (Wildman–Crippen MR) is 96.5 cm³/mol. The molecule has 1 N–H and O–H groups in total. The number of ether oxygens (including phenoxy) is 2. The van der Waals surface area contributed by atoms with Gasteiger partial charge in [0.25, 0.3) is 0 Å². The highest BCUT2D eigenvalue weighted by Crippen LogP contribution is 2.36. The van der Waals surface area contributed by atoms with Crippen LogP contribution in [-0.4, -0.2) is 34.9 Å². The molecule has 0 aromatic heterocycles. The minimum atomic E-state index is -1.65. The number of esters is 1. The standard InChI is InChI=1S/C20H30O5/c1-6-7-13-24-20(18(22)23,14-17(21)25-19(3,4)5)15(2)16-11-9-8-10-12-16/h8-12,15H,6-7,13-14H2,1-5H3,(H,22,23)/t15-,20+/m1/s1. The van der Waals surface area contributed by atoms with Crippen molar-refractivity contribution in [2.75, 3.05) is 6.61 Å². The maximum atomic E-state index is 12.4. The molecule has 1 rings (SSSR count). The van der Waals surface area contributed by atoms with E-state index < -0.39 is 29.1 Å². The monoisotopic (exact) mass is 350 g/mol. The third kappa shape index (κ3) is 6.16. The Balaban J connectivity index is 3.17. The molecule has 0 saturated heterocycles. The van der Waals surface area contributed by atoms with Crippen LogP contribution in [0.4, 0.5) is 0 Å². The molecule has 0 bridgehead atoms. The fraction of sp³-hybridized carbons (Fsp3) is 0.600. The average molecular weight is 350 g/mol. The molecule has 5 heteroatoms. The maximum absolute atomic E-state index is 12.4. The van der Waals surface area contributed by atoms with Crippen molar-refractivity contribution >= 4 is 11.9 Å². The molecule has 140 valence electrons. The molecule has 0 fully saturated rings. The Labute approximate surface area is 150 Å². The second-order valence-corrected chi connectivity index (χ2v) is 7.29. The molecule has 1 aromatic rings. The highest BCUT2D eigenvalue weighted by atomic mass is 16.6. The molecule has 25 heavy (non-hydrogen) atoms. The van der Waals surface area contributed by atoms with Gasteiger partial charge in [-0.2, -0.15) is 0 Å². The van der Waals surface area contributed by atoms with E-state index in [1.807, 2.05) is 37.3 Å². The Hall–Kier alpha value is -1.88. The number of carboxylic acid groups (broad SMARTS) is 1. The van der Waals surface area contributed by atoms with Crippen molar-refractivity contribution in [3.05, 3.63) is 35.9 Å². The molecular formula is C20H30O5. The second-order valence-electron chi connectivity index (χ2n) is 7.29. The number of carbonyl (C=O) groups excluding carboxylic acids is 1. The Morgan fingerprint density at radius 3 is 2.24 bits per heavy atom. The summed E-state index contributed by atoms with van der Waals surface area (Å²) in [6.45, 7) is 9.33. The van der Waals surface area contributed by atoms with Gasteiger partial charge in [0, 0.05) is 12.5 Å². The van der Waals surface area contributed by atoms with Gasteiger partial charge in [-0.1, -0.05) is 50.6 Å².